The van der Waals surface area contributed by atoms with Crippen molar-refractivity contribution in [2.75, 3.05) is 5.73 Å². The Hall–Kier alpha value is -1.03. The van der Waals surface area contributed by atoms with Gasteiger partial charge in [0.1, 0.15) is 0 Å². The first-order chi connectivity index (χ1) is 5.27. The quantitative estimate of drug-likeness (QED) is 0.721. The summed E-state index contributed by atoms with van der Waals surface area (Å²) in [5.74, 6) is 0.515. The van der Waals surface area contributed by atoms with Gasteiger partial charge in [-0.3, -0.25) is 4.40 Å². The number of imidazole rings is 1. The minimum absolute atomic E-state index is 0.515. The molecule has 2 aromatic rings. The lowest BCUT2D eigenvalue weighted by Gasteiger charge is -1.95. The number of nitrogens with zero attached hydrogens (tertiary/aromatic N) is 2. The SMILES string of the molecule is Nc1ncc2ccc(Br)cn12. The maximum atomic E-state index is 5.58. The monoisotopic (exact) mass is 211 g/mol. The molecule has 0 amide bonds. The Morgan fingerprint density at radius 2 is 2.27 bits per heavy atom. The highest BCUT2D eigenvalue weighted by atomic mass is 79.9. The number of pyridine rings is 1. The van der Waals surface area contributed by atoms with Gasteiger partial charge in [-0.2, -0.15) is 0 Å². The zero-order chi connectivity index (χ0) is 7.84. The summed E-state index contributed by atoms with van der Waals surface area (Å²) in [4.78, 5) is 3.96. The molecule has 0 saturated heterocycles. The van der Waals surface area contributed by atoms with Gasteiger partial charge in [0, 0.05) is 10.7 Å². The van der Waals surface area contributed by atoms with Crippen molar-refractivity contribution in [3.05, 3.63) is 29.0 Å². The summed E-state index contributed by atoms with van der Waals surface area (Å²) < 4.78 is 2.82. The summed E-state index contributed by atoms with van der Waals surface area (Å²) in [6, 6.07) is 3.91. The summed E-state index contributed by atoms with van der Waals surface area (Å²) in [6.07, 6.45) is 3.62. The highest BCUT2D eigenvalue weighted by Crippen LogP contribution is 2.14. The van der Waals surface area contributed by atoms with Crippen molar-refractivity contribution in [1.82, 2.24) is 9.38 Å². The van der Waals surface area contributed by atoms with Crippen LogP contribution in [0.4, 0.5) is 5.95 Å². The number of hydrogen-bond acceptors (Lipinski definition) is 2. The first-order valence-electron chi connectivity index (χ1n) is 3.15. The summed E-state index contributed by atoms with van der Waals surface area (Å²) in [7, 11) is 0. The van der Waals surface area contributed by atoms with E-state index in [0.717, 1.165) is 9.99 Å². The van der Waals surface area contributed by atoms with Crippen LogP contribution in [0.15, 0.2) is 29.0 Å². The molecule has 0 unspecified atom stereocenters. The first kappa shape index (κ1) is 6.67. The molecular formula is C7H6BrN3. The largest absolute Gasteiger partial charge is 0.369 e. The van der Waals surface area contributed by atoms with Gasteiger partial charge >= 0.3 is 0 Å². The highest BCUT2D eigenvalue weighted by Gasteiger charge is 1.97. The third-order valence-corrected chi connectivity index (χ3v) is 1.99. The van der Waals surface area contributed by atoms with Crippen LogP contribution in [-0.4, -0.2) is 9.38 Å². The second kappa shape index (κ2) is 2.23. The van der Waals surface area contributed by atoms with Crippen molar-refractivity contribution in [3.8, 4) is 0 Å². The topological polar surface area (TPSA) is 43.3 Å². The van der Waals surface area contributed by atoms with Crippen molar-refractivity contribution in [3.63, 3.8) is 0 Å². The van der Waals surface area contributed by atoms with Crippen LogP contribution in [-0.2, 0) is 0 Å². The molecule has 0 spiro atoms. The van der Waals surface area contributed by atoms with E-state index in [9.17, 15) is 0 Å². The van der Waals surface area contributed by atoms with Gasteiger partial charge in [-0.1, -0.05) is 0 Å². The third kappa shape index (κ3) is 0.991. The number of aromatic nitrogens is 2. The Morgan fingerprint density at radius 3 is 3.09 bits per heavy atom. The molecule has 2 aromatic heterocycles. The summed E-state index contributed by atoms with van der Waals surface area (Å²) in [5, 5.41) is 0. The smallest absolute Gasteiger partial charge is 0.204 e. The van der Waals surface area contributed by atoms with Crippen LogP contribution in [0.2, 0.25) is 0 Å². The summed E-state index contributed by atoms with van der Waals surface area (Å²) in [6.45, 7) is 0. The van der Waals surface area contributed by atoms with Gasteiger partial charge in [-0.25, -0.2) is 4.98 Å². The number of hydrogen-bond donors (Lipinski definition) is 1. The van der Waals surface area contributed by atoms with Gasteiger partial charge in [0.2, 0.25) is 5.95 Å². The van der Waals surface area contributed by atoms with E-state index in [1.807, 2.05) is 22.7 Å². The minimum Gasteiger partial charge on any atom is -0.369 e. The van der Waals surface area contributed by atoms with E-state index in [1.165, 1.54) is 0 Å². The minimum atomic E-state index is 0.515. The fourth-order valence-electron chi connectivity index (χ4n) is 0.984. The highest BCUT2D eigenvalue weighted by molar-refractivity contribution is 9.10. The lowest BCUT2D eigenvalue weighted by atomic mass is 10.4. The second-order valence-electron chi connectivity index (χ2n) is 2.26. The van der Waals surface area contributed by atoms with Gasteiger partial charge in [-0.15, -0.1) is 0 Å². The third-order valence-electron chi connectivity index (χ3n) is 1.52. The number of halogens is 1. The van der Waals surface area contributed by atoms with Gasteiger partial charge in [0.05, 0.1) is 11.7 Å². The Balaban J connectivity index is 2.87. The molecule has 0 saturated carbocycles. The Kier molecular flexibility index (Phi) is 1.35. The van der Waals surface area contributed by atoms with Crippen LogP contribution in [0, 0.1) is 0 Å². The van der Waals surface area contributed by atoms with E-state index in [0.29, 0.717) is 5.95 Å². The fraction of sp³-hybridized carbons (Fsp3) is 0. The molecule has 2 N–H and O–H groups in total. The van der Waals surface area contributed by atoms with E-state index < -0.39 is 0 Å². The maximum Gasteiger partial charge on any atom is 0.204 e. The molecule has 2 rings (SSSR count). The van der Waals surface area contributed by atoms with Crippen molar-refractivity contribution >= 4 is 27.4 Å². The second-order valence-corrected chi connectivity index (χ2v) is 3.17. The molecule has 0 aliphatic carbocycles. The molecule has 2 heterocycles. The van der Waals surface area contributed by atoms with Crippen LogP contribution >= 0.6 is 15.9 Å². The van der Waals surface area contributed by atoms with E-state index in [1.54, 1.807) is 6.20 Å². The Morgan fingerprint density at radius 1 is 1.45 bits per heavy atom. The molecule has 4 heteroatoms. The summed E-state index contributed by atoms with van der Waals surface area (Å²) >= 11 is 3.35. The van der Waals surface area contributed by atoms with E-state index in [-0.39, 0.29) is 0 Å². The predicted molar refractivity (Wildman–Crippen MR) is 47.3 cm³/mol. The van der Waals surface area contributed by atoms with Crippen LogP contribution < -0.4 is 5.73 Å². The van der Waals surface area contributed by atoms with Crippen LogP contribution in [0.1, 0.15) is 0 Å². The van der Waals surface area contributed by atoms with Crippen LogP contribution in [0.25, 0.3) is 5.52 Å². The molecule has 0 fully saturated rings. The number of fused-ring (bicyclic) bond motifs is 1. The van der Waals surface area contributed by atoms with Crippen molar-refractivity contribution in [2.45, 2.75) is 0 Å². The van der Waals surface area contributed by atoms with Crippen molar-refractivity contribution in [1.29, 1.82) is 0 Å². The molecule has 11 heavy (non-hydrogen) atoms. The first-order valence-corrected chi connectivity index (χ1v) is 3.95. The summed E-state index contributed by atoms with van der Waals surface area (Å²) in [5.41, 5.74) is 6.58. The van der Waals surface area contributed by atoms with E-state index in [2.05, 4.69) is 20.9 Å². The van der Waals surface area contributed by atoms with Gasteiger partial charge < -0.3 is 5.73 Å². The predicted octanol–water partition coefficient (Wildman–Crippen LogP) is 1.68. The molecule has 3 nitrogen and oxygen atoms in total. The van der Waals surface area contributed by atoms with Crippen molar-refractivity contribution < 1.29 is 0 Å². The molecule has 0 bridgehead atoms. The van der Waals surface area contributed by atoms with Gasteiger partial charge in [0.25, 0.3) is 0 Å². The average molecular weight is 212 g/mol. The normalized spacial score (nSPS) is 10.6. The molecule has 0 aliphatic heterocycles. The van der Waals surface area contributed by atoms with E-state index in [4.69, 9.17) is 5.73 Å². The molecule has 0 radical (unpaired) electrons. The average Bonchev–Trinajstić information content (AvgIpc) is 2.33. The van der Waals surface area contributed by atoms with Crippen LogP contribution in [0.5, 0.6) is 0 Å². The number of nitrogen functional groups attached to an aromatic ring is 1. The maximum absolute atomic E-state index is 5.58. The molecular weight excluding hydrogens is 206 g/mol. The van der Waals surface area contributed by atoms with Gasteiger partial charge in [-0.05, 0) is 28.1 Å². The molecule has 56 valence electrons. The lowest BCUT2D eigenvalue weighted by molar-refractivity contribution is 1.16. The fourth-order valence-corrected chi connectivity index (χ4v) is 1.32. The standard InChI is InChI=1S/C7H6BrN3/c8-5-1-2-6-3-10-7(9)11(6)4-5/h1-4H,(H2,9,10). The zero-order valence-corrected chi connectivity index (χ0v) is 7.25. The molecule has 0 aliphatic rings. The number of nitrogens with two attached hydrogens (primary N) is 1. The molecule has 0 aromatic carbocycles. The zero-order valence-electron chi connectivity index (χ0n) is 5.66. The Bertz CT molecular complexity index is 393. The lowest BCUT2D eigenvalue weighted by Crippen LogP contribution is -1.92. The van der Waals surface area contributed by atoms with Crippen LogP contribution in [0.3, 0.4) is 0 Å². The molecule has 0 atom stereocenters. The van der Waals surface area contributed by atoms with E-state index >= 15 is 0 Å². The van der Waals surface area contributed by atoms with Crippen molar-refractivity contribution in [2.24, 2.45) is 0 Å². The number of anilines is 1. The Labute approximate surface area is 72.0 Å². The number of rotatable bonds is 0. The van der Waals surface area contributed by atoms with Gasteiger partial charge in [0.15, 0.2) is 0 Å².